The van der Waals surface area contributed by atoms with Gasteiger partial charge in [0.25, 0.3) is 0 Å². The molecule has 2 fully saturated rings. The molecule has 0 aromatic carbocycles. The SMILES string of the molecule is CSCCCCCCN1CCN2CCCCC2C1. The van der Waals surface area contributed by atoms with Crippen LogP contribution >= 0.6 is 11.8 Å². The summed E-state index contributed by atoms with van der Waals surface area (Å²) < 4.78 is 0. The Morgan fingerprint density at radius 3 is 2.78 bits per heavy atom. The maximum Gasteiger partial charge on any atom is 0.0223 e. The molecule has 0 bridgehead atoms. The highest BCUT2D eigenvalue weighted by molar-refractivity contribution is 7.98. The second-order valence-corrected chi connectivity index (χ2v) is 6.88. The predicted octanol–water partition coefficient (Wildman–Crippen LogP) is 3.08. The van der Waals surface area contributed by atoms with Crippen molar-refractivity contribution in [2.24, 2.45) is 0 Å². The molecule has 2 aliphatic rings. The van der Waals surface area contributed by atoms with E-state index in [4.69, 9.17) is 0 Å². The van der Waals surface area contributed by atoms with E-state index in [1.807, 2.05) is 11.8 Å². The van der Waals surface area contributed by atoms with E-state index in [1.54, 1.807) is 0 Å². The van der Waals surface area contributed by atoms with Crippen molar-refractivity contribution >= 4 is 11.8 Å². The van der Waals surface area contributed by atoms with Crippen LogP contribution in [-0.4, -0.2) is 60.6 Å². The fourth-order valence-electron chi connectivity index (χ4n) is 3.36. The maximum absolute atomic E-state index is 2.73. The van der Waals surface area contributed by atoms with E-state index in [2.05, 4.69) is 16.1 Å². The Kier molecular flexibility index (Phi) is 6.88. The van der Waals surface area contributed by atoms with Gasteiger partial charge in [-0.25, -0.2) is 0 Å². The zero-order chi connectivity index (χ0) is 12.6. The molecule has 0 aromatic rings. The van der Waals surface area contributed by atoms with E-state index < -0.39 is 0 Å². The molecular formula is C15H30N2S. The summed E-state index contributed by atoms with van der Waals surface area (Å²) >= 11 is 1.98. The quantitative estimate of drug-likeness (QED) is 0.657. The summed E-state index contributed by atoms with van der Waals surface area (Å²) in [4.78, 5) is 5.46. The molecule has 2 heterocycles. The van der Waals surface area contributed by atoms with Crippen LogP contribution in [0.15, 0.2) is 0 Å². The van der Waals surface area contributed by atoms with Gasteiger partial charge < -0.3 is 4.90 Å². The van der Waals surface area contributed by atoms with Crippen LogP contribution in [0.4, 0.5) is 0 Å². The highest BCUT2D eigenvalue weighted by atomic mass is 32.2. The lowest BCUT2D eigenvalue weighted by molar-refractivity contribution is 0.0486. The summed E-state index contributed by atoms with van der Waals surface area (Å²) in [6, 6.07) is 0.893. The standard InChI is InChI=1S/C15H30N2S/c1-18-13-7-3-2-5-9-16-11-12-17-10-6-4-8-15(17)14-16/h15H,2-14H2,1H3. The molecule has 0 radical (unpaired) electrons. The number of nitrogens with zero attached hydrogens (tertiary/aromatic N) is 2. The molecule has 0 saturated carbocycles. The van der Waals surface area contributed by atoms with Crippen molar-refractivity contribution < 1.29 is 0 Å². The molecule has 0 spiro atoms. The van der Waals surface area contributed by atoms with E-state index in [0.29, 0.717) is 0 Å². The lowest BCUT2D eigenvalue weighted by Gasteiger charge is -2.44. The van der Waals surface area contributed by atoms with Crippen molar-refractivity contribution in [1.82, 2.24) is 9.80 Å². The number of thioether (sulfide) groups is 1. The van der Waals surface area contributed by atoms with Crippen molar-refractivity contribution in [3.63, 3.8) is 0 Å². The van der Waals surface area contributed by atoms with Gasteiger partial charge in [0, 0.05) is 25.7 Å². The van der Waals surface area contributed by atoms with Crippen molar-refractivity contribution in [2.45, 2.75) is 51.0 Å². The third-order valence-electron chi connectivity index (χ3n) is 4.49. The molecule has 1 unspecified atom stereocenters. The molecule has 0 amide bonds. The first kappa shape index (κ1) is 14.7. The van der Waals surface area contributed by atoms with E-state index in [1.165, 1.54) is 83.4 Å². The first-order valence-electron chi connectivity index (χ1n) is 7.85. The van der Waals surface area contributed by atoms with Crippen molar-refractivity contribution in [3.05, 3.63) is 0 Å². The van der Waals surface area contributed by atoms with Gasteiger partial charge in [-0.2, -0.15) is 11.8 Å². The minimum atomic E-state index is 0.893. The van der Waals surface area contributed by atoms with Crippen LogP contribution < -0.4 is 0 Å². The van der Waals surface area contributed by atoms with Gasteiger partial charge in [-0.3, -0.25) is 4.90 Å². The first-order valence-corrected chi connectivity index (χ1v) is 9.25. The molecule has 2 aliphatic heterocycles. The molecule has 0 aromatic heterocycles. The third kappa shape index (κ3) is 4.75. The van der Waals surface area contributed by atoms with Gasteiger partial charge in [0.2, 0.25) is 0 Å². The molecule has 2 nitrogen and oxygen atoms in total. The van der Waals surface area contributed by atoms with E-state index in [9.17, 15) is 0 Å². The van der Waals surface area contributed by atoms with Gasteiger partial charge >= 0.3 is 0 Å². The van der Waals surface area contributed by atoms with E-state index in [0.717, 1.165) is 6.04 Å². The number of rotatable bonds is 7. The fourth-order valence-corrected chi connectivity index (χ4v) is 3.85. The average Bonchev–Trinajstić information content (AvgIpc) is 2.42. The predicted molar refractivity (Wildman–Crippen MR) is 82.5 cm³/mol. The molecular weight excluding hydrogens is 240 g/mol. The molecule has 0 N–H and O–H groups in total. The van der Waals surface area contributed by atoms with E-state index in [-0.39, 0.29) is 0 Å². The van der Waals surface area contributed by atoms with Gasteiger partial charge in [0.15, 0.2) is 0 Å². The molecule has 2 rings (SSSR count). The molecule has 18 heavy (non-hydrogen) atoms. The van der Waals surface area contributed by atoms with Crippen LogP contribution in [0.25, 0.3) is 0 Å². The molecule has 106 valence electrons. The monoisotopic (exact) mass is 270 g/mol. The number of hydrogen-bond donors (Lipinski definition) is 0. The number of unbranched alkanes of at least 4 members (excludes halogenated alkanes) is 3. The lowest BCUT2D eigenvalue weighted by atomic mass is 9.99. The van der Waals surface area contributed by atoms with Crippen LogP contribution in [0, 0.1) is 0 Å². The fraction of sp³-hybridized carbons (Fsp3) is 1.00. The van der Waals surface area contributed by atoms with Gasteiger partial charge in [0.05, 0.1) is 0 Å². The second-order valence-electron chi connectivity index (χ2n) is 5.89. The van der Waals surface area contributed by atoms with Gasteiger partial charge in [0.1, 0.15) is 0 Å². The Hall–Kier alpha value is 0.270. The molecule has 0 aliphatic carbocycles. The van der Waals surface area contributed by atoms with Crippen LogP contribution in [0.2, 0.25) is 0 Å². The largest absolute Gasteiger partial charge is 0.301 e. The second kappa shape index (κ2) is 8.44. The first-order chi connectivity index (χ1) is 8.90. The molecule has 3 heteroatoms. The lowest BCUT2D eigenvalue weighted by Crippen LogP contribution is -2.54. The van der Waals surface area contributed by atoms with Crippen molar-refractivity contribution in [3.8, 4) is 0 Å². The number of hydrogen-bond acceptors (Lipinski definition) is 3. The number of piperazine rings is 1. The van der Waals surface area contributed by atoms with Crippen LogP contribution in [0.5, 0.6) is 0 Å². The Morgan fingerprint density at radius 2 is 1.89 bits per heavy atom. The van der Waals surface area contributed by atoms with Crippen LogP contribution in [0.1, 0.15) is 44.9 Å². The normalized spacial score (nSPS) is 26.2. The van der Waals surface area contributed by atoms with Crippen molar-refractivity contribution in [2.75, 3.05) is 44.7 Å². The smallest absolute Gasteiger partial charge is 0.0223 e. The van der Waals surface area contributed by atoms with Gasteiger partial charge in [-0.1, -0.05) is 19.3 Å². The zero-order valence-corrected chi connectivity index (χ0v) is 12.9. The number of piperidine rings is 1. The summed E-state index contributed by atoms with van der Waals surface area (Å²) in [6.45, 7) is 6.72. The summed E-state index contributed by atoms with van der Waals surface area (Å²) in [5, 5.41) is 0. The Bertz CT molecular complexity index is 223. The molecule has 1 atom stereocenters. The Morgan fingerprint density at radius 1 is 1.00 bits per heavy atom. The number of fused-ring (bicyclic) bond motifs is 1. The summed E-state index contributed by atoms with van der Waals surface area (Å²) in [5.74, 6) is 1.35. The maximum atomic E-state index is 2.73. The van der Waals surface area contributed by atoms with Crippen molar-refractivity contribution in [1.29, 1.82) is 0 Å². The Labute approximate surface area is 117 Å². The minimum absolute atomic E-state index is 0.893. The van der Waals surface area contributed by atoms with Crippen LogP contribution in [0.3, 0.4) is 0 Å². The van der Waals surface area contributed by atoms with Gasteiger partial charge in [-0.15, -0.1) is 0 Å². The highest BCUT2D eigenvalue weighted by Crippen LogP contribution is 2.21. The zero-order valence-electron chi connectivity index (χ0n) is 12.1. The third-order valence-corrected chi connectivity index (χ3v) is 5.19. The van der Waals surface area contributed by atoms with Gasteiger partial charge in [-0.05, 0) is 50.8 Å². The topological polar surface area (TPSA) is 6.48 Å². The average molecular weight is 270 g/mol. The minimum Gasteiger partial charge on any atom is -0.301 e. The summed E-state index contributed by atoms with van der Waals surface area (Å²) in [6.07, 6.45) is 12.3. The summed E-state index contributed by atoms with van der Waals surface area (Å²) in [7, 11) is 0. The Balaban J connectivity index is 1.54. The highest BCUT2D eigenvalue weighted by Gasteiger charge is 2.28. The molecule has 2 saturated heterocycles. The van der Waals surface area contributed by atoms with Crippen LogP contribution in [-0.2, 0) is 0 Å². The summed E-state index contributed by atoms with van der Waals surface area (Å²) in [5.41, 5.74) is 0. The van der Waals surface area contributed by atoms with E-state index >= 15 is 0 Å².